The molecule has 0 fully saturated rings. The number of ketones is 1. The molecule has 0 aliphatic rings. The van der Waals surface area contributed by atoms with Crippen molar-refractivity contribution in [2.45, 2.75) is 4.90 Å². The molecule has 0 bridgehead atoms. The first kappa shape index (κ1) is 15.7. The lowest BCUT2D eigenvalue weighted by atomic mass is 9.99. The molecule has 0 saturated carbocycles. The lowest BCUT2D eigenvalue weighted by Crippen LogP contribution is -2.07. The van der Waals surface area contributed by atoms with Gasteiger partial charge >= 0.3 is 0 Å². The van der Waals surface area contributed by atoms with E-state index in [2.05, 4.69) is 6.58 Å². The average molecular weight is 317 g/mol. The fraction of sp³-hybridized carbons (Fsp3) is 0. The average Bonchev–Trinajstić information content (AvgIpc) is 2.53. The number of nitro benzene ring substituents is 1. The first-order valence-corrected chi connectivity index (χ1v) is 7.22. The van der Waals surface area contributed by atoms with Gasteiger partial charge in [0.1, 0.15) is 5.56 Å². The van der Waals surface area contributed by atoms with Crippen molar-refractivity contribution in [1.29, 1.82) is 0 Å². The van der Waals surface area contributed by atoms with Crippen molar-refractivity contribution < 1.29 is 18.5 Å². The quantitative estimate of drug-likeness (QED) is 0.395. The molecule has 0 aromatic heterocycles. The maximum absolute atomic E-state index is 12.4. The lowest BCUT2D eigenvalue weighted by Gasteiger charge is -2.05. The first-order chi connectivity index (χ1) is 10.5. The number of para-hydroxylation sites is 1. The van der Waals surface area contributed by atoms with E-state index in [1.165, 1.54) is 48.5 Å². The Kier molecular flexibility index (Phi) is 4.59. The minimum atomic E-state index is -2.14. The van der Waals surface area contributed by atoms with Crippen LogP contribution in [-0.2, 0) is 11.1 Å². The van der Waals surface area contributed by atoms with Gasteiger partial charge in [-0.05, 0) is 36.4 Å². The number of carbonyl (C=O) groups is 1. The van der Waals surface area contributed by atoms with Crippen LogP contribution in [0.15, 0.2) is 53.9 Å². The molecule has 1 N–H and O–H groups in total. The van der Waals surface area contributed by atoms with Crippen molar-refractivity contribution in [3.05, 3.63) is 75.8 Å². The lowest BCUT2D eigenvalue weighted by molar-refractivity contribution is -0.385. The molecule has 6 nitrogen and oxygen atoms in total. The van der Waals surface area contributed by atoms with E-state index in [-0.39, 0.29) is 27.3 Å². The molecule has 0 saturated heterocycles. The predicted octanol–water partition coefficient (Wildman–Crippen LogP) is 3.05. The zero-order valence-electron chi connectivity index (χ0n) is 11.3. The summed E-state index contributed by atoms with van der Waals surface area (Å²) in [5.74, 6) is -0.536. The molecule has 1 atom stereocenters. The van der Waals surface area contributed by atoms with Gasteiger partial charge in [0, 0.05) is 5.56 Å². The molecule has 0 heterocycles. The van der Waals surface area contributed by atoms with Gasteiger partial charge in [0.2, 0.25) is 0 Å². The van der Waals surface area contributed by atoms with Crippen molar-refractivity contribution in [2.75, 3.05) is 0 Å². The third-order valence-electron chi connectivity index (χ3n) is 3.03. The molecule has 112 valence electrons. The number of nitrogens with zero attached hydrogens (tertiary/aromatic N) is 1. The fourth-order valence-corrected chi connectivity index (χ4v) is 2.36. The Bertz CT molecular complexity index is 783. The van der Waals surface area contributed by atoms with Crippen LogP contribution in [0.2, 0.25) is 0 Å². The summed E-state index contributed by atoms with van der Waals surface area (Å²) in [5, 5.41) is 11.2. The minimum absolute atomic E-state index is 0.0553. The summed E-state index contributed by atoms with van der Waals surface area (Å²) in [4.78, 5) is 23.2. The molecule has 0 radical (unpaired) electrons. The van der Waals surface area contributed by atoms with Crippen LogP contribution in [0.3, 0.4) is 0 Å². The fourth-order valence-electron chi connectivity index (χ4n) is 1.99. The van der Waals surface area contributed by atoms with E-state index in [0.29, 0.717) is 0 Å². The van der Waals surface area contributed by atoms with Gasteiger partial charge in [-0.2, -0.15) is 0 Å². The summed E-state index contributed by atoms with van der Waals surface area (Å²) in [5.41, 5.74) is 0.0834. The van der Waals surface area contributed by atoms with Crippen LogP contribution in [0.25, 0.3) is 6.08 Å². The predicted molar refractivity (Wildman–Crippen MR) is 82.1 cm³/mol. The molecule has 0 spiro atoms. The molecular weight excluding hydrogens is 306 g/mol. The zero-order chi connectivity index (χ0) is 16.3. The van der Waals surface area contributed by atoms with Gasteiger partial charge in [0.25, 0.3) is 5.69 Å². The number of carbonyl (C=O) groups excluding carboxylic acids is 1. The SMILES string of the molecule is C=Cc1cccc(C(=O)c2ccc(S(=O)O)cc2)c1[N+](=O)[O-]. The summed E-state index contributed by atoms with van der Waals surface area (Å²) < 4.78 is 19.8. The Hall–Kier alpha value is -2.64. The monoisotopic (exact) mass is 317 g/mol. The largest absolute Gasteiger partial charge is 0.302 e. The third kappa shape index (κ3) is 3.00. The molecule has 0 aliphatic heterocycles. The summed E-state index contributed by atoms with van der Waals surface area (Å²) in [6, 6.07) is 9.77. The Balaban J connectivity index is 2.52. The number of benzene rings is 2. The molecule has 1 unspecified atom stereocenters. The highest BCUT2D eigenvalue weighted by Gasteiger charge is 2.24. The van der Waals surface area contributed by atoms with Crippen molar-refractivity contribution >= 4 is 28.6 Å². The molecule has 0 amide bonds. The standard InChI is InChI=1S/C15H11NO5S/c1-2-10-4-3-5-13(14(10)16(18)19)15(17)11-6-8-12(9-7-11)22(20)21/h2-9H,1H2,(H,20,21). The molecule has 2 aromatic carbocycles. The summed E-state index contributed by atoms with van der Waals surface area (Å²) >= 11 is -2.14. The van der Waals surface area contributed by atoms with Crippen LogP contribution in [0.1, 0.15) is 21.5 Å². The summed E-state index contributed by atoms with van der Waals surface area (Å²) in [6.07, 6.45) is 1.31. The Morgan fingerprint density at radius 3 is 2.36 bits per heavy atom. The third-order valence-corrected chi connectivity index (χ3v) is 3.71. The number of hydrogen-bond acceptors (Lipinski definition) is 4. The van der Waals surface area contributed by atoms with E-state index in [0.717, 1.165) is 0 Å². The van der Waals surface area contributed by atoms with E-state index in [1.807, 2.05) is 0 Å². The second-order valence-electron chi connectivity index (χ2n) is 4.31. The second-order valence-corrected chi connectivity index (χ2v) is 5.28. The van der Waals surface area contributed by atoms with E-state index in [4.69, 9.17) is 4.55 Å². The highest BCUT2D eigenvalue weighted by atomic mass is 32.2. The first-order valence-electron chi connectivity index (χ1n) is 6.11. The second kappa shape index (κ2) is 6.42. The molecule has 22 heavy (non-hydrogen) atoms. The van der Waals surface area contributed by atoms with Crippen LogP contribution in [0.5, 0.6) is 0 Å². The summed E-state index contributed by atoms with van der Waals surface area (Å²) in [6.45, 7) is 3.50. The molecule has 7 heteroatoms. The molecular formula is C15H11NO5S. The number of nitro groups is 1. The van der Waals surface area contributed by atoms with E-state index in [1.54, 1.807) is 0 Å². The van der Waals surface area contributed by atoms with Crippen LogP contribution in [-0.4, -0.2) is 19.5 Å². The van der Waals surface area contributed by atoms with E-state index >= 15 is 0 Å². The Morgan fingerprint density at radius 2 is 1.86 bits per heavy atom. The van der Waals surface area contributed by atoms with Gasteiger partial charge in [0.05, 0.1) is 15.4 Å². The Labute approximate surface area is 128 Å². The van der Waals surface area contributed by atoms with Crippen LogP contribution < -0.4 is 0 Å². The van der Waals surface area contributed by atoms with Crippen LogP contribution in [0.4, 0.5) is 5.69 Å². The number of hydrogen-bond donors (Lipinski definition) is 1. The topological polar surface area (TPSA) is 97.5 Å². The maximum atomic E-state index is 12.4. The minimum Gasteiger partial charge on any atom is -0.302 e. The van der Waals surface area contributed by atoms with Gasteiger partial charge in [-0.25, -0.2) is 4.21 Å². The van der Waals surface area contributed by atoms with Gasteiger partial charge in [-0.15, -0.1) is 0 Å². The number of rotatable bonds is 5. The highest BCUT2D eigenvalue weighted by Crippen LogP contribution is 2.27. The van der Waals surface area contributed by atoms with Crippen molar-refractivity contribution in [1.82, 2.24) is 0 Å². The molecule has 0 aliphatic carbocycles. The summed E-state index contributed by atoms with van der Waals surface area (Å²) in [7, 11) is 0. The van der Waals surface area contributed by atoms with Gasteiger partial charge in [-0.1, -0.05) is 18.7 Å². The van der Waals surface area contributed by atoms with E-state index < -0.39 is 21.8 Å². The zero-order valence-corrected chi connectivity index (χ0v) is 12.1. The van der Waals surface area contributed by atoms with Crippen LogP contribution >= 0.6 is 0 Å². The van der Waals surface area contributed by atoms with Gasteiger partial charge < -0.3 is 4.55 Å². The molecule has 2 rings (SSSR count). The smallest absolute Gasteiger partial charge is 0.287 e. The highest BCUT2D eigenvalue weighted by molar-refractivity contribution is 7.79. The van der Waals surface area contributed by atoms with Crippen molar-refractivity contribution in [3.63, 3.8) is 0 Å². The molecule has 2 aromatic rings. The Morgan fingerprint density at radius 1 is 1.23 bits per heavy atom. The van der Waals surface area contributed by atoms with Crippen molar-refractivity contribution in [2.24, 2.45) is 0 Å². The normalized spacial score (nSPS) is 11.7. The van der Waals surface area contributed by atoms with E-state index in [9.17, 15) is 19.1 Å². The van der Waals surface area contributed by atoms with Crippen molar-refractivity contribution in [3.8, 4) is 0 Å². The van der Waals surface area contributed by atoms with Gasteiger partial charge in [0.15, 0.2) is 16.9 Å². The maximum Gasteiger partial charge on any atom is 0.287 e. The van der Waals surface area contributed by atoms with Gasteiger partial charge in [-0.3, -0.25) is 14.9 Å². The van der Waals surface area contributed by atoms with Crippen LogP contribution in [0, 0.1) is 10.1 Å².